The van der Waals surface area contributed by atoms with Gasteiger partial charge in [0.15, 0.2) is 0 Å². The van der Waals surface area contributed by atoms with Crippen LogP contribution in [0.2, 0.25) is 5.02 Å². The summed E-state index contributed by atoms with van der Waals surface area (Å²) in [5, 5.41) is 6.55. The summed E-state index contributed by atoms with van der Waals surface area (Å²) in [6.45, 7) is 3.97. The molecule has 0 spiro atoms. The lowest BCUT2D eigenvalue weighted by molar-refractivity contribution is -0.127. The first-order valence-electron chi connectivity index (χ1n) is 10.5. The number of hydrogen-bond donors (Lipinski definition) is 2. The highest BCUT2D eigenvalue weighted by atomic mass is 35.5. The first-order chi connectivity index (χ1) is 14.9. The molecular formula is C23H26ClFN4O2. The van der Waals surface area contributed by atoms with Crippen molar-refractivity contribution in [2.75, 3.05) is 31.5 Å². The minimum atomic E-state index is -0.498. The van der Waals surface area contributed by atoms with Gasteiger partial charge in [-0.25, -0.2) is 9.18 Å². The minimum absolute atomic E-state index is 0.0682. The Bertz CT molecular complexity index is 957. The summed E-state index contributed by atoms with van der Waals surface area (Å²) >= 11 is 6.14. The maximum atomic E-state index is 13.4. The molecule has 1 unspecified atom stereocenters. The van der Waals surface area contributed by atoms with E-state index in [1.165, 1.54) is 12.1 Å². The van der Waals surface area contributed by atoms with E-state index in [1.807, 2.05) is 19.1 Å². The van der Waals surface area contributed by atoms with Crippen molar-refractivity contribution >= 4 is 29.2 Å². The Kier molecular flexibility index (Phi) is 6.43. The number of rotatable bonds is 5. The number of nitrogens with one attached hydrogen (secondary N) is 2. The molecule has 2 aliphatic rings. The monoisotopic (exact) mass is 444 g/mol. The van der Waals surface area contributed by atoms with E-state index in [1.54, 1.807) is 23.1 Å². The third-order valence-corrected chi connectivity index (χ3v) is 6.15. The SMILES string of the molecule is Cc1ccc(NC(=O)N2CCN(C(C(=O)NC3CC3)c3ccc(F)cc3)CC2)cc1Cl. The number of carbonyl (C=O) groups excluding carboxylic acids is 2. The average Bonchev–Trinajstić information content (AvgIpc) is 3.57. The summed E-state index contributed by atoms with van der Waals surface area (Å²) in [6.07, 6.45) is 2.00. The zero-order chi connectivity index (χ0) is 22.0. The standard InChI is InChI=1S/C23H26ClFN4O2/c1-15-2-7-19(14-20(15)24)27-23(31)29-12-10-28(11-13-29)21(22(30)26-18-8-9-18)16-3-5-17(25)6-4-16/h2-7,14,18,21H,8-13H2,1H3,(H,26,30)(H,27,31). The Morgan fingerprint density at radius 2 is 1.74 bits per heavy atom. The van der Waals surface area contributed by atoms with Gasteiger partial charge in [-0.05, 0) is 55.2 Å². The molecule has 4 rings (SSSR count). The van der Waals surface area contributed by atoms with Crippen LogP contribution in [0.25, 0.3) is 0 Å². The van der Waals surface area contributed by atoms with Crippen LogP contribution in [-0.4, -0.2) is 54.0 Å². The Morgan fingerprint density at radius 1 is 1.06 bits per heavy atom. The topological polar surface area (TPSA) is 64.7 Å². The molecule has 2 N–H and O–H groups in total. The van der Waals surface area contributed by atoms with Gasteiger partial charge >= 0.3 is 6.03 Å². The molecule has 3 amide bonds. The zero-order valence-corrected chi connectivity index (χ0v) is 18.2. The van der Waals surface area contributed by atoms with Crippen molar-refractivity contribution in [2.24, 2.45) is 0 Å². The Labute approximate surface area is 186 Å². The normalized spacial score (nSPS) is 17.8. The summed E-state index contributed by atoms with van der Waals surface area (Å²) in [5.41, 5.74) is 2.35. The highest BCUT2D eigenvalue weighted by Gasteiger charge is 2.34. The molecule has 2 fully saturated rings. The predicted octanol–water partition coefficient (Wildman–Crippen LogP) is 3.96. The Morgan fingerprint density at radius 3 is 2.35 bits per heavy atom. The zero-order valence-electron chi connectivity index (χ0n) is 17.4. The minimum Gasteiger partial charge on any atom is -0.352 e. The summed E-state index contributed by atoms with van der Waals surface area (Å²) in [5.74, 6) is -0.399. The molecule has 6 nitrogen and oxygen atoms in total. The molecule has 164 valence electrons. The van der Waals surface area contributed by atoms with E-state index >= 15 is 0 Å². The van der Waals surface area contributed by atoms with Crippen LogP contribution in [0.15, 0.2) is 42.5 Å². The number of benzene rings is 2. The van der Waals surface area contributed by atoms with Crippen LogP contribution in [0.1, 0.15) is 30.0 Å². The summed E-state index contributed by atoms with van der Waals surface area (Å²) < 4.78 is 13.4. The van der Waals surface area contributed by atoms with E-state index < -0.39 is 6.04 Å². The van der Waals surface area contributed by atoms with Gasteiger partial charge in [-0.1, -0.05) is 29.8 Å². The van der Waals surface area contributed by atoms with E-state index in [0.717, 1.165) is 24.0 Å². The molecule has 31 heavy (non-hydrogen) atoms. The predicted molar refractivity (Wildman–Crippen MR) is 119 cm³/mol. The Hall–Kier alpha value is -2.64. The van der Waals surface area contributed by atoms with Gasteiger partial charge < -0.3 is 15.5 Å². The van der Waals surface area contributed by atoms with Crippen LogP contribution in [0.5, 0.6) is 0 Å². The van der Waals surface area contributed by atoms with Crippen molar-refractivity contribution in [3.63, 3.8) is 0 Å². The molecule has 2 aromatic rings. The van der Waals surface area contributed by atoms with E-state index in [-0.39, 0.29) is 23.8 Å². The largest absolute Gasteiger partial charge is 0.352 e. The second kappa shape index (κ2) is 9.24. The fraction of sp³-hybridized carbons (Fsp3) is 0.391. The molecule has 0 radical (unpaired) electrons. The number of anilines is 1. The molecule has 0 aromatic heterocycles. The fourth-order valence-corrected chi connectivity index (χ4v) is 3.92. The van der Waals surface area contributed by atoms with Gasteiger partial charge in [0, 0.05) is 42.9 Å². The number of urea groups is 1. The number of nitrogens with zero attached hydrogens (tertiary/aromatic N) is 2. The smallest absolute Gasteiger partial charge is 0.321 e. The average molecular weight is 445 g/mol. The number of aryl methyl sites for hydroxylation is 1. The second-order valence-electron chi connectivity index (χ2n) is 8.15. The van der Waals surface area contributed by atoms with Gasteiger partial charge in [0.05, 0.1) is 0 Å². The van der Waals surface area contributed by atoms with Crippen LogP contribution < -0.4 is 10.6 Å². The molecule has 1 aliphatic carbocycles. The highest BCUT2D eigenvalue weighted by molar-refractivity contribution is 6.31. The van der Waals surface area contributed by atoms with E-state index in [4.69, 9.17) is 11.6 Å². The fourth-order valence-electron chi connectivity index (χ4n) is 3.74. The Balaban J connectivity index is 1.40. The molecular weight excluding hydrogens is 419 g/mol. The molecule has 1 saturated heterocycles. The number of piperazine rings is 1. The lowest BCUT2D eigenvalue weighted by Crippen LogP contribution is -2.53. The lowest BCUT2D eigenvalue weighted by atomic mass is 10.0. The first-order valence-corrected chi connectivity index (χ1v) is 10.9. The maximum absolute atomic E-state index is 13.4. The van der Waals surface area contributed by atoms with Gasteiger partial charge in [-0.3, -0.25) is 9.69 Å². The molecule has 1 atom stereocenters. The van der Waals surface area contributed by atoms with Crippen LogP contribution >= 0.6 is 11.6 Å². The van der Waals surface area contributed by atoms with E-state index in [9.17, 15) is 14.0 Å². The van der Waals surface area contributed by atoms with Crippen LogP contribution in [-0.2, 0) is 4.79 Å². The summed E-state index contributed by atoms with van der Waals surface area (Å²) in [7, 11) is 0. The molecule has 1 aliphatic heterocycles. The lowest BCUT2D eigenvalue weighted by Gasteiger charge is -2.38. The van der Waals surface area contributed by atoms with E-state index in [0.29, 0.717) is 36.9 Å². The maximum Gasteiger partial charge on any atom is 0.321 e. The molecule has 0 bridgehead atoms. The van der Waals surface area contributed by atoms with Crippen molar-refractivity contribution in [3.8, 4) is 0 Å². The third-order valence-electron chi connectivity index (χ3n) is 5.75. The quantitative estimate of drug-likeness (QED) is 0.733. The van der Waals surface area contributed by atoms with Gasteiger partial charge in [-0.2, -0.15) is 0 Å². The highest BCUT2D eigenvalue weighted by Crippen LogP contribution is 2.26. The van der Waals surface area contributed by atoms with Crippen molar-refractivity contribution < 1.29 is 14.0 Å². The molecule has 8 heteroatoms. The van der Waals surface area contributed by atoms with Crippen LogP contribution in [0, 0.1) is 12.7 Å². The van der Waals surface area contributed by atoms with Gasteiger partial charge in [0.1, 0.15) is 11.9 Å². The van der Waals surface area contributed by atoms with Crippen molar-refractivity contribution in [1.29, 1.82) is 0 Å². The third kappa shape index (κ3) is 5.35. The second-order valence-corrected chi connectivity index (χ2v) is 8.56. The van der Waals surface area contributed by atoms with Crippen LogP contribution in [0.4, 0.5) is 14.9 Å². The summed E-state index contributed by atoms with van der Waals surface area (Å²) in [4.78, 5) is 29.4. The summed E-state index contributed by atoms with van der Waals surface area (Å²) in [6, 6.07) is 11.0. The number of halogens is 2. The van der Waals surface area contributed by atoms with Crippen molar-refractivity contribution in [1.82, 2.24) is 15.1 Å². The van der Waals surface area contributed by atoms with Crippen molar-refractivity contribution in [3.05, 3.63) is 64.4 Å². The molecule has 1 saturated carbocycles. The number of amides is 3. The van der Waals surface area contributed by atoms with Gasteiger partial charge in [-0.15, -0.1) is 0 Å². The number of hydrogen-bond acceptors (Lipinski definition) is 3. The van der Waals surface area contributed by atoms with Crippen molar-refractivity contribution in [2.45, 2.75) is 31.8 Å². The first kappa shape index (κ1) is 21.6. The van der Waals surface area contributed by atoms with Gasteiger partial charge in [0.2, 0.25) is 5.91 Å². The van der Waals surface area contributed by atoms with Crippen LogP contribution in [0.3, 0.4) is 0 Å². The number of carbonyl (C=O) groups is 2. The van der Waals surface area contributed by atoms with Gasteiger partial charge in [0.25, 0.3) is 0 Å². The molecule has 2 aromatic carbocycles. The van der Waals surface area contributed by atoms with E-state index in [2.05, 4.69) is 15.5 Å². The molecule has 1 heterocycles.